The van der Waals surface area contributed by atoms with Crippen LogP contribution in [-0.4, -0.2) is 24.0 Å². The maximum atomic E-state index is 12.0. The number of anilines is 1. The molecule has 0 atom stereocenters. The summed E-state index contributed by atoms with van der Waals surface area (Å²) in [5, 5.41) is 6.16. The number of hydrogen-bond donors (Lipinski definition) is 2. The highest BCUT2D eigenvalue weighted by molar-refractivity contribution is 5.91. The highest BCUT2D eigenvalue weighted by Gasteiger charge is 2.21. The molecule has 0 radical (unpaired) electrons. The summed E-state index contributed by atoms with van der Waals surface area (Å²) >= 11 is 0. The summed E-state index contributed by atoms with van der Waals surface area (Å²) in [6.45, 7) is 6.12. The molecular weight excluding hydrogens is 226 g/mol. The van der Waals surface area contributed by atoms with Gasteiger partial charge < -0.3 is 10.6 Å². The first-order valence-electron chi connectivity index (χ1n) is 6.64. The average molecular weight is 247 g/mol. The molecule has 0 spiro atoms. The quantitative estimate of drug-likeness (QED) is 0.860. The molecule has 4 heteroatoms. The molecule has 1 aromatic heterocycles. The Labute approximate surface area is 108 Å². The van der Waals surface area contributed by atoms with Gasteiger partial charge in [0.2, 0.25) is 5.91 Å². The van der Waals surface area contributed by atoms with Crippen LogP contribution >= 0.6 is 0 Å². The molecule has 1 aliphatic heterocycles. The SMILES string of the molecule is CC(C)c1ccc(NC(=O)C2CCNCC2)nc1. The molecule has 2 rings (SSSR count). The van der Waals surface area contributed by atoms with Crippen molar-refractivity contribution < 1.29 is 4.79 Å². The van der Waals surface area contributed by atoms with Crippen LogP contribution in [0.3, 0.4) is 0 Å². The Bertz CT molecular complexity index is 394. The number of amides is 1. The van der Waals surface area contributed by atoms with Crippen LogP contribution in [0.2, 0.25) is 0 Å². The zero-order valence-electron chi connectivity index (χ0n) is 11.1. The fourth-order valence-electron chi connectivity index (χ4n) is 2.13. The van der Waals surface area contributed by atoms with Gasteiger partial charge >= 0.3 is 0 Å². The van der Waals surface area contributed by atoms with Gasteiger partial charge in [0.1, 0.15) is 5.82 Å². The first-order chi connectivity index (χ1) is 8.66. The predicted octanol–water partition coefficient (Wildman–Crippen LogP) is 2.14. The second kappa shape index (κ2) is 5.96. The van der Waals surface area contributed by atoms with Crippen LogP contribution in [0.4, 0.5) is 5.82 Å². The topological polar surface area (TPSA) is 54.0 Å². The second-order valence-corrected chi connectivity index (χ2v) is 5.14. The first-order valence-corrected chi connectivity index (χ1v) is 6.64. The highest BCUT2D eigenvalue weighted by atomic mass is 16.1. The molecule has 1 fully saturated rings. The molecule has 0 bridgehead atoms. The summed E-state index contributed by atoms with van der Waals surface area (Å²) in [4.78, 5) is 16.3. The summed E-state index contributed by atoms with van der Waals surface area (Å²) in [7, 11) is 0. The minimum atomic E-state index is 0.0984. The van der Waals surface area contributed by atoms with Gasteiger partial charge in [0.25, 0.3) is 0 Å². The van der Waals surface area contributed by atoms with Crippen molar-refractivity contribution in [1.82, 2.24) is 10.3 Å². The smallest absolute Gasteiger partial charge is 0.228 e. The van der Waals surface area contributed by atoms with Gasteiger partial charge in [0, 0.05) is 12.1 Å². The van der Waals surface area contributed by atoms with Crippen LogP contribution in [0.25, 0.3) is 0 Å². The van der Waals surface area contributed by atoms with Crippen molar-refractivity contribution in [2.45, 2.75) is 32.6 Å². The third kappa shape index (κ3) is 3.29. The van der Waals surface area contributed by atoms with Crippen molar-refractivity contribution in [1.29, 1.82) is 0 Å². The zero-order chi connectivity index (χ0) is 13.0. The van der Waals surface area contributed by atoms with Crippen LogP contribution in [0.1, 0.15) is 38.2 Å². The van der Waals surface area contributed by atoms with E-state index in [0.717, 1.165) is 25.9 Å². The molecule has 0 saturated carbocycles. The number of nitrogens with one attached hydrogen (secondary N) is 2. The number of carbonyl (C=O) groups excluding carboxylic acids is 1. The number of nitrogens with zero attached hydrogens (tertiary/aromatic N) is 1. The third-order valence-electron chi connectivity index (χ3n) is 3.41. The predicted molar refractivity (Wildman–Crippen MR) is 72.5 cm³/mol. The van der Waals surface area contributed by atoms with Crippen LogP contribution in [-0.2, 0) is 4.79 Å². The fraction of sp³-hybridized carbons (Fsp3) is 0.571. The standard InChI is InChI=1S/C14H21N3O/c1-10(2)12-3-4-13(16-9-12)17-14(18)11-5-7-15-8-6-11/h3-4,9-11,15H,5-8H2,1-2H3,(H,16,17,18). The average Bonchev–Trinajstić information content (AvgIpc) is 2.40. The van der Waals surface area contributed by atoms with Crippen LogP contribution in [0.15, 0.2) is 18.3 Å². The zero-order valence-corrected chi connectivity index (χ0v) is 11.1. The molecule has 0 aliphatic carbocycles. The van der Waals surface area contributed by atoms with E-state index in [4.69, 9.17) is 0 Å². The van der Waals surface area contributed by atoms with Gasteiger partial charge in [-0.15, -0.1) is 0 Å². The normalized spacial score (nSPS) is 16.8. The van der Waals surface area contributed by atoms with Gasteiger partial charge in [-0.2, -0.15) is 0 Å². The molecule has 18 heavy (non-hydrogen) atoms. The number of rotatable bonds is 3. The Morgan fingerprint density at radius 2 is 2.11 bits per heavy atom. The van der Waals surface area contributed by atoms with Gasteiger partial charge in [-0.1, -0.05) is 19.9 Å². The molecule has 1 aliphatic rings. The molecule has 4 nitrogen and oxygen atoms in total. The Balaban J connectivity index is 1.94. The van der Waals surface area contributed by atoms with E-state index in [2.05, 4.69) is 29.5 Å². The van der Waals surface area contributed by atoms with Crippen LogP contribution < -0.4 is 10.6 Å². The lowest BCUT2D eigenvalue weighted by molar-refractivity contribution is -0.120. The Kier molecular flexibility index (Phi) is 4.31. The largest absolute Gasteiger partial charge is 0.317 e. The molecule has 98 valence electrons. The number of aromatic nitrogens is 1. The van der Waals surface area contributed by atoms with Gasteiger partial charge in [0.05, 0.1) is 0 Å². The molecular formula is C14H21N3O. The highest BCUT2D eigenvalue weighted by Crippen LogP contribution is 2.17. The maximum absolute atomic E-state index is 12.0. The molecule has 0 aromatic carbocycles. The van der Waals surface area contributed by atoms with E-state index in [1.807, 2.05) is 18.3 Å². The van der Waals surface area contributed by atoms with E-state index in [9.17, 15) is 4.79 Å². The Morgan fingerprint density at radius 1 is 1.39 bits per heavy atom. The van der Waals surface area contributed by atoms with Crippen molar-refractivity contribution in [3.8, 4) is 0 Å². The fourth-order valence-corrected chi connectivity index (χ4v) is 2.13. The van der Waals surface area contributed by atoms with E-state index < -0.39 is 0 Å². The number of pyridine rings is 1. The number of carbonyl (C=O) groups is 1. The van der Waals surface area contributed by atoms with Gasteiger partial charge in [-0.3, -0.25) is 4.79 Å². The summed E-state index contributed by atoms with van der Waals surface area (Å²) in [5.74, 6) is 1.34. The molecule has 1 saturated heterocycles. The van der Waals surface area contributed by atoms with Gasteiger partial charge in [-0.05, 0) is 43.5 Å². The lowest BCUT2D eigenvalue weighted by Gasteiger charge is -2.21. The van der Waals surface area contributed by atoms with E-state index in [1.54, 1.807) is 0 Å². The van der Waals surface area contributed by atoms with Crippen LogP contribution in [0, 0.1) is 5.92 Å². The van der Waals surface area contributed by atoms with E-state index in [-0.39, 0.29) is 11.8 Å². The summed E-state index contributed by atoms with van der Waals surface area (Å²) < 4.78 is 0. The van der Waals surface area contributed by atoms with E-state index >= 15 is 0 Å². The van der Waals surface area contributed by atoms with Crippen LogP contribution in [0.5, 0.6) is 0 Å². The van der Waals surface area contributed by atoms with Crippen molar-refractivity contribution in [2.75, 3.05) is 18.4 Å². The summed E-state index contributed by atoms with van der Waals surface area (Å²) in [6.07, 6.45) is 3.66. The number of piperidine rings is 1. The first kappa shape index (κ1) is 13.0. The Hall–Kier alpha value is -1.42. The Morgan fingerprint density at radius 3 is 2.67 bits per heavy atom. The molecule has 1 aromatic rings. The van der Waals surface area contributed by atoms with Gasteiger partial charge in [0.15, 0.2) is 0 Å². The van der Waals surface area contributed by atoms with Crippen molar-refractivity contribution in [2.24, 2.45) is 5.92 Å². The summed E-state index contributed by atoms with van der Waals surface area (Å²) in [6, 6.07) is 3.91. The monoisotopic (exact) mass is 247 g/mol. The lowest BCUT2D eigenvalue weighted by atomic mass is 9.97. The minimum absolute atomic E-state index is 0.0984. The molecule has 2 heterocycles. The molecule has 0 unspecified atom stereocenters. The van der Waals surface area contributed by atoms with Crippen molar-refractivity contribution in [3.05, 3.63) is 23.9 Å². The maximum Gasteiger partial charge on any atom is 0.228 e. The van der Waals surface area contributed by atoms with Crippen molar-refractivity contribution in [3.63, 3.8) is 0 Å². The molecule has 2 N–H and O–H groups in total. The number of hydrogen-bond acceptors (Lipinski definition) is 3. The third-order valence-corrected chi connectivity index (χ3v) is 3.41. The van der Waals surface area contributed by atoms with E-state index in [0.29, 0.717) is 11.7 Å². The van der Waals surface area contributed by atoms with Gasteiger partial charge in [-0.25, -0.2) is 4.98 Å². The van der Waals surface area contributed by atoms with E-state index in [1.165, 1.54) is 5.56 Å². The second-order valence-electron chi connectivity index (χ2n) is 5.14. The van der Waals surface area contributed by atoms with Crippen molar-refractivity contribution >= 4 is 11.7 Å². The minimum Gasteiger partial charge on any atom is -0.317 e. The molecule has 1 amide bonds. The lowest BCUT2D eigenvalue weighted by Crippen LogP contribution is -2.34. The summed E-state index contributed by atoms with van der Waals surface area (Å²) in [5.41, 5.74) is 1.19.